The smallest absolute Gasteiger partial charge is 0.325 e. The molecule has 35 heavy (non-hydrogen) atoms. The average molecular weight is 482 g/mol. The Morgan fingerprint density at radius 1 is 1.09 bits per heavy atom. The topological polar surface area (TPSA) is 139 Å². The molecule has 3 aliphatic rings. The van der Waals surface area contributed by atoms with Crippen LogP contribution >= 0.6 is 0 Å². The predicted molar refractivity (Wildman–Crippen MR) is 122 cm³/mol. The lowest BCUT2D eigenvalue weighted by Gasteiger charge is -2.43. The fourth-order valence-corrected chi connectivity index (χ4v) is 5.43. The van der Waals surface area contributed by atoms with Gasteiger partial charge in [-0.05, 0) is 30.4 Å². The van der Waals surface area contributed by atoms with E-state index in [4.69, 9.17) is 0 Å². The van der Waals surface area contributed by atoms with Gasteiger partial charge >= 0.3 is 11.6 Å². The van der Waals surface area contributed by atoms with Crippen LogP contribution in [0.3, 0.4) is 0 Å². The molecule has 1 aromatic carbocycles. The molecule has 4 amide bonds. The lowest BCUT2D eigenvalue weighted by atomic mass is 9.83. The molecule has 1 aromatic heterocycles. The quantitative estimate of drug-likeness (QED) is 0.395. The molecule has 4 heterocycles. The molecule has 3 N–H and O–H groups in total. The number of urea groups is 1. The third-order valence-corrected chi connectivity index (χ3v) is 7.12. The first-order valence-corrected chi connectivity index (χ1v) is 11.7. The van der Waals surface area contributed by atoms with E-state index in [1.165, 1.54) is 15.5 Å². The summed E-state index contributed by atoms with van der Waals surface area (Å²) in [6.07, 6.45) is 1.18. The van der Waals surface area contributed by atoms with Crippen molar-refractivity contribution in [2.75, 3.05) is 13.1 Å². The first-order valence-electron chi connectivity index (χ1n) is 11.7. The Morgan fingerprint density at radius 2 is 1.86 bits per heavy atom. The largest absolute Gasteiger partial charge is 0.595 e. The van der Waals surface area contributed by atoms with Gasteiger partial charge in [0.2, 0.25) is 11.6 Å². The Bertz CT molecular complexity index is 1210. The standard InChI is InChI=1S/C24H27N5O6/c30-21(9-6-18-22(31)28(24(33)25-18)12-15-4-2-1-3-5-15)26-11-16-10-17(14-26)19-7-8-20(29(34)35)23(32)27(19)13-16/h1-5,7-8,16-18,29,34H,6,9-14H2,(H,25,33)/t16-,17+,18+/m1/s1. The van der Waals surface area contributed by atoms with Gasteiger partial charge in [-0.2, -0.15) is 5.23 Å². The molecular weight excluding hydrogens is 454 g/mol. The van der Waals surface area contributed by atoms with Gasteiger partial charge in [-0.25, -0.2) is 10.0 Å². The zero-order valence-corrected chi connectivity index (χ0v) is 19.1. The van der Waals surface area contributed by atoms with Crippen molar-refractivity contribution in [2.45, 2.75) is 44.3 Å². The molecule has 4 atom stereocenters. The van der Waals surface area contributed by atoms with E-state index in [9.17, 15) is 29.6 Å². The highest BCUT2D eigenvalue weighted by atomic mass is 16.8. The molecule has 0 saturated carbocycles. The number of nitrogens with zero attached hydrogens (tertiary/aromatic N) is 3. The number of aromatic nitrogens is 1. The van der Waals surface area contributed by atoms with Crippen LogP contribution in [0.15, 0.2) is 47.3 Å². The summed E-state index contributed by atoms with van der Waals surface area (Å²) in [6, 6.07) is 11.1. The monoisotopic (exact) mass is 481 g/mol. The number of pyridine rings is 1. The van der Waals surface area contributed by atoms with E-state index in [1.807, 2.05) is 30.3 Å². The zero-order chi connectivity index (χ0) is 24.7. The normalized spacial score (nSPS) is 24.2. The van der Waals surface area contributed by atoms with E-state index < -0.39 is 22.9 Å². The number of hydrogen-bond acceptors (Lipinski definition) is 6. The number of quaternary nitrogens is 1. The summed E-state index contributed by atoms with van der Waals surface area (Å²) in [5, 5.41) is 22.0. The molecule has 184 valence electrons. The van der Waals surface area contributed by atoms with Gasteiger partial charge in [-0.1, -0.05) is 30.3 Å². The van der Waals surface area contributed by atoms with Crippen molar-refractivity contribution in [3.63, 3.8) is 0 Å². The van der Waals surface area contributed by atoms with Crippen LogP contribution in [0.5, 0.6) is 0 Å². The summed E-state index contributed by atoms with van der Waals surface area (Å²) in [5.74, 6) is -0.414. The minimum Gasteiger partial charge on any atom is -0.595 e. The summed E-state index contributed by atoms with van der Waals surface area (Å²) in [6.45, 7) is 1.48. The second-order valence-corrected chi connectivity index (χ2v) is 9.44. The third-order valence-electron chi connectivity index (χ3n) is 7.12. The second-order valence-electron chi connectivity index (χ2n) is 9.44. The molecule has 5 rings (SSSR count). The molecule has 0 radical (unpaired) electrons. The van der Waals surface area contributed by atoms with Crippen LogP contribution in [0.25, 0.3) is 0 Å². The van der Waals surface area contributed by atoms with Crippen molar-refractivity contribution in [1.29, 1.82) is 0 Å². The Morgan fingerprint density at radius 3 is 2.60 bits per heavy atom. The second kappa shape index (κ2) is 9.25. The number of nitrogens with one attached hydrogen (secondary N) is 2. The predicted octanol–water partition coefficient (Wildman–Crippen LogP) is 0.0982. The van der Waals surface area contributed by atoms with Gasteiger partial charge in [0, 0.05) is 43.7 Å². The molecule has 1 unspecified atom stereocenters. The first kappa shape index (κ1) is 23.2. The zero-order valence-electron chi connectivity index (χ0n) is 19.1. The fourth-order valence-electron chi connectivity index (χ4n) is 5.43. The number of benzene rings is 1. The minimum absolute atomic E-state index is 0.0452. The molecule has 2 aromatic rings. The van der Waals surface area contributed by atoms with Crippen LogP contribution in [0.4, 0.5) is 10.5 Å². The Kier molecular flexibility index (Phi) is 6.13. The lowest BCUT2D eigenvalue weighted by molar-refractivity contribution is -0.992. The van der Waals surface area contributed by atoms with Crippen LogP contribution in [-0.4, -0.2) is 56.6 Å². The molecule has 2 saturated heterocycles. The van der Waals surface area contributed by atoms with Gasteiger partial charge in [-0.15, -0.1) is 0 Å². The highest BCUT2D eigenvalue weighted by molar-refractivity contribution is 6.04. The number of likely N-dealkylation sites (tertiary alicyclic amines) is 1. The van der Waals surface area contributed by atoms with Crippen LogP contribution in [0, 0.1) is 11.1 Å². The Hall–Kier alpha value is -3.54. The number of carbonyl (C=O) groups is 3. The maximum atomic E-state index is 13.0. The molecule has 0 aliphatic carbocycles. The molecule has 3 aliphatic heterocycles. The summed E-state index contributed by atoms with van der Waals surface area (Å²) >= 11 is 0. The van der Waals surface area contributed by atoms with Crippen LogP contribution in [0.2, 0.25) is 0 Å². The van der Waals surface area contributed by atoms with E-state index in [0.717, 1.165) is 17.7 Å². The SMILES string of the molecule is O=C(CC[C@@H]1NC(=O)N(Cc2ccccc2)C1=O)N1C[C@H]2C[C@@H](C1)c1ccc([NH+]([O-])O)c(=O)n1C2. The van der Waals surface area contributed by atoms with Gasteiger partial charge in [0.05, 0.1) is 6.54 Å². The van der Waals surface area contributed by atoms with E-state index >= 15 is 0 Å². The van der Waals surface area contributed by atoms with Gasteiger partial charge in [0.25, 0.3) is 5.91 Å². The lowest BCUT2D eigenvalue weighted by Crippen LogP contribution is -3.00. The number of carbonyl (C=O) groups excluding carboxylic acids is 3. The number of piperidine rings is 1. The van der Waals surface area contributed by atoms with Crippen LogP contribution < -0.4 is 16.1 Å². The highest BCUT2D eigenvalue weighted by Gasteiger charge is 2.40. The number of fused-ring (bicyclic) bond motifs is 4. The van der Waals surface area contributed by atoms with Gasteiger partial charge in [0.1, 0.15) is 6.04 Å². The Labute approximate surface area is 201 Å². The molecule has 11 nitrogen and oxygen atoms in total. The van der Waals surface area contributed by atoms with Gasteiger partial charge in [-0.3, -0.25) is 19.3 Å². The number of amides is 4. The van der Waals surface area contributed by atoms with E-state index in [1.54, 1.807) is 11.0 Å². The number of imide groups is 1. The highest BCUT2D eigenvalue weighted by Crippen LogP contribution is 2.35. The Balaban J connectivity index is 1.20. The van der Waals surface area contributed by atoms with E-state index in [2.05, 4.69) is 5.32 Å². The maximum absolute atomic E-state index is 13.0. The maximum Gasteiger partial charge on any atom is 0.325 e. The summed E-state index contributed by atoms with van der Waals surface area (Å²) < 4.78 is 1.54. The first-order chi connectivity index (χ1) is 16.8. The van der Waals surface area contributed by atoms with Crippen LogP contribution in [0.1, 0.15) is 36.4 Å². The number of rotatable bonds is 6. The van der Waals surface area contributed by atoms with Gasteiger partial charge < -0.3 is 20.0 Å². The number of hydrogen-bond donors (Lipinski definition) is 3. The summed E-state index contributed by atoms with van der Waals surface area (Å²) in [7, 11) is 0. The molecule has 2 bridgehead atoms. The van der Waals surface area contributed by atoms with Crippen molar-refractivity contribution in [3.8, 4) is 0 Å². The van der Waals surface area contributed by atoms with Crippen molar-refractivity contribution in [2.24, 2.45) is 5.92 Å². The van der Waals surface area contributed by atoms with E-state index in [-0.39, 0.29) is 48.7 Å². The van der Waals surface area contributed by atoms with Crippen molar-refractivity contribution >= 4 is 23.5 Å². The van der Waals surface area contributed by atoms with Crippen molar-refractivity contribution in [3.05, 3.63) is 69.3 Å². The fraction of sp³-hybridized carbons (Fsp3) is 0.417. The van der Waals surface area contributed by atoms with Gasteiger partial charge in [0.15, 0.2) is 0 Å². The van der Waals surface area contributed by atoms with Crippen LogP contribution in [-0.2, 0) is 22.7 Å². The van der Waals surface area contributed by atoms with Crippen molar-refractivity contribution < 1.29 is 24.8 Å². The average Bonchev–Trinajstić information content (AvgIpc) is 3.11. The minimum atomic E-state index is -1.24. The molecule has 11 heteroatoms. The molecular formula is C24H27N5O6. The molecule has 2 fully saturated rings. The third kappa shape index (κ3) is 4.45. The van der Waals surface area contributed by atoms with E-state index in [0.29, 0.717) is 19.6 Å². The summed E-state index contributed by atoms with van der Waals surface area (Å²) in [4.78, 5) is 53.6. The summed E-state index contributed by atoms with van der Waals surface area (Å²) in [5.41, 5.74) is 0.859. The van der Waals surface area contributed by atoms with Crippen molar-refractivity contribution in [1.82, 2.24) is 19.7 Å². The molecule has 0 spiro atoms.